The highest BCUT2D eigenvalue weighted by Gasteiger charge is 2.24. The van der Waals surface area contributed by atoms with Gasteiger partial charge in [0.1, 0.15) is 0 Å². The summed E-state index contributed by atoms with van der Waals surface area (Å²) in [5.74, 6) is 1.46. The second-order valence-corrected chi connectivity index (χ2v) is 6.14. The van der Waals surface area contributed by atoms with Gasteiger partial charge in [0.15, 0.2) is 11.5 Å². The van der Waals surface area contributed by atoms with Crippen LogP contribution < -0.4 is 9.47 Å². The van der Waals surface area contributed by atoms with E-state index in [1.807, 2.05) is 32.3 Å². The van der Waals surface area contributed by atoms with Crippen LogP contribution in [0.2, 0.25) is 0 Å². The van der Waals surface area contributed by atoms with Gasteiger partial charge in [0.2, 0.25) is 6.79 Å². The Morgan fingerprint density at radius 3 is 2.95 bits per heavy atom. The van der Waals surface area contributed by atoms with E-state index in [9.17, 15) is 5.11 Å². The van der Waals surface area contributed by atoms with E-state index in [4.69, 9.17) is 14.2 Å². The maximum absolute atomic E-state index is 10.5. The first-order valence-corrected chi connectivity index (χ1v) is 7.68. The lowest BCUT2D eigenvalue weighted by molar-refractivity contribution is -0.0489. The Morgan fingerprint density at radius 2 is 2.14 bits per heavy atom. The molecule has 0 aromatic heterocycles. The van der Waals surface area contributed by atoms with E-state index in [0.717, 1.165) is 30.9 Å². The molecule has 2 atom stereocenters. The lowest BCUT2D eigenvalue weighted by Crippen LogP contribution is -2.47. The van der Waals surface area contributed by atoms with Crippen LogP contribution in [-0.4, -0.2) is 74.7 Å². The van der Waals surface area contributed by atoms with Crippen molar-refractivity contribution in [2.45, 2.75) is 12.2 Å². The highest BCUT2D eigenvalue weighted by Crippen LogP contribution is 2.34. The molecule has 2 aliphatic heterocycles. The average Bonchev–Trinajstić information content (AvgIpc) is 2.94. The second kappa shape index (κ2) is 6.83. The monoisotopic (exact) mass is 308 g/mol. The average molecular weight is 308 g/mol. The van der Waals surface area contributed by atoms with Gasteiger partial charge in [-0.1, -0.05) is 6.07 Å². The molecular weight excluding hydrogens is 284 g/mol. The molecule has 0 unspecified atom stereocenters. The molecule has 0 bridgehead atoms. The Kier molecular flexibility index (Phi) is 4.83. The zero-order chi connectivity index (χ0) is 15.5. The molecule has 1 aromatic rings. The molecule has 0 aliphatic carbocycles. The SMILES string of the molecule is CN(C)C[C@@H]1CN(C[C@H](O)c2ccc3c(c2)OCO3)CCO1. The number of nitrogens with zero attached hydrogens (tertiary/aromatic N) is 2. The van der Waals surface area contributed by atoms with Gasteiger partial charge in [0, 0.05) is 26.2 Å². The summed E-state index contributed by atoms with van der Waals surface area (Å²) in [5.41, 5.74) is 0.861. The maximum Gasteiger partial charge on any atom is 0.231 e. The number of aliphatic hydroxyl groups is 1. The Hall–Kier alpha value is -1.34. The predicted octanol–water partition coefficient (Wildman–Crippen LogP) is 0.711. The quantitative estimate of drug-likeness (QED) is 0.865. The summed E-state index contributed by atoms with van der Waals surface area (Å²) >= 11 is 0. The van der Waals surface area contributed by atoms with Crippen molar-refractivity contribution in [3.05, 3.63) is 23.8 Å². The molecule has 0 spiro atoms. The first kappa shape index (κ1) is 15.6. The summed E-state index contributed by atoms with van der Waals surface area (Å²) in [6.07, 6.45) is -0.333. The number of aliphatic hydroxyl groups excluding tert-OH is 1. The Labute approximate surface area is 131 Å². The van der Waals surface area contributed by atoms with Crippen molar-refractivity contribution in [3.63, 3.8) is 0 Å². The lowest BCUT2D eigenvalue weighted by Gasteiger charge is -2.35. The summed E-state index contributed by atoms with van der Waals surface area (Å²) in [6.45, 7) is 4.17. The van der Waals surface area contributed by atoms with Gasteiger partial charge in [-0.05, 0) is 31.8 Å². The van der Waals surface area contributed by atoms with Crippen LogP contribution in [0.5, 0.6) is 11.5 Å². The van der Waals surface area contributed by atoms with E-state index < -0.39 is 6.10 Å². The minimum atomic E-state index is -0.535. The molecule has 22 heavy (non-hydrogen) atoms. The van der Waals surface area contributed by atoms with Crippen LogP contribution in [0.15, 0.2) is 18.2 Å². The topological polar surface area (TPSA) is 54.4 Å². The summed E-state index contributed by atoms with van der Waals surface area (Å²) < 4.78 is 16.4. The highest BCUT2D eigenvalue weighted by molar-refractivity contribution is 5.45. The summed E-state index contributed by atoms with van der Waals surface area (Å²) in [7, 11) is 4.09. The molecule has 0 saturated carbocycles. The van der Waals surface area contributed by atoms with Gasteiger partial charge in [0.05, 0.1) is 18.8 Å². The number of fused-ring (bicyclic) bond motifs is 1. The van der Waals surface area contributed by atoms with Gasteiger partial charge in [-0.25, -0.2) is 0 Å². The lowest BCUT2D eigenvalue weighted by atomic mass is 10.1. The van der Waals surface area contributed by atoms with Crippen LogP contribution in [0, 0.1) is 0 Å². The first-order chi connectivity index (χ1) is 10.6. The summed E-state index contributed by atoms with van der Waals surface area (Å²) in [4.78, 5) is 4.38. The van der Waals surface area contributed by atoms with Crippen LogP contribution in [0.3, 0.4) is 0 Å². The van der Waals surface area contributed by atoms with Crippen molar-refractivity contribution in [2.75, 3.05) is 53.7 Å². The number of ether oxygens (including phenoxy) is 3. The summed E-state index contributed by atoms with van der Waals surface area (Å²) in [5, 5.41) is 10.5. The van der Waals surface area contributed by atoms with Gasteiger partial charge in [-0.3, -0.25) is 4.90 Å². The van der Waals surface area contributed by atoms with Crippen molar-refractivity contribution >= 4 is 0 Å². The standard InChI is InChI=1S/C16H24N2O4/c1-17(2)8-13-9-18(5-6-20-13)10-14(19)12-3-4-15-16(7-12)22-11-21-15/h3-4,7,13-14,19H,5-6,8-11H2,1-2H3/t13-,14+/m1/s1. The molecule has 0 amide bonds. The number of hydrogen-bond acceptors (Lipinski definition) is 6. The van der Waals surface area contributed by atoms with Crippen LogP contribution in [-0.2, 0) is 4.74 Å². The number of β-amino-alcohol motifs (C(OH)–C–C–N with tert-alkyl or cyclic N) is 1. The van der Waals surface area contributed by atoms with Crippen molar-refractivity contribution in [1.29, 1.82) is 0 Å². The van der Waals surface area contributed by atoms with Gasteiger partial charge >= 0.3 is 0 Å². The first-order valence-electron chi connectivity index (χ1n) is 7.68. The Bertz CT molecular complexity index is 509. The van der Waals surface area contributed by atoms with Crippen molar-refractivity contribution in [3.8, 4) is 11.5 Å². The van der Waals surface area contributed by atoms with Crippen molar-refractivity contribution in [1.82, 2.24) is 9.80 Å². The van der Waals surface area contributed by atoms with Crippen LogP contribution in [0.25, 0.3) is 0 Å². The third kappa shape index (κ3) is 3.70. The molecule has 3 rings (SSSR count). The fourth-order valence-corrected chi connectivity index (χ4v) is 2.93. The van der Waals surface area contributed by atoms with Crippen LogP contribution >= 0.6 is 0 Å². The Morgan fingerprint density at radius 1 is 1.32 bits per heavy atom. The van der Waals surface area contributed by atoms with E-state index in [2.05, 4.69) is 9.80 Å². The molecule has 122 valence electrons. The molecule has 0 radical (unpaired) electrons. The fraction of sp³-hybridized carbons (Fsp3) is 0.625. The van der Waals surface area contributed by atoms with E-state index in [-0.39, 0.29) is 12.9 Å². The van der Waals surface area contributed by atoms with Crippen LogP contribution in [0.4, 0.5) is 0 Å². The normalized spacial score (nSPS) is 23.0. The fourth-order valence-electron chi connectivity index (χ4n) is 2.93. The number of morpholine rings is 1. The van der Waals surface area contributed by atoms with E-state index >= 15 is 0 Å². The number of rotatable bonds is 5. The van der Waals surface area contributed by atoms with E-state index in [0.29, 0.717) is 18.9 Å². The molecule has 6 nitrogen and oxygen atoms in total. The smallest absolute Gasteiger partial charge is 0.231 e. The predicted molar refractivity (Wildman–Crippen MR) is 82.3 cm³/mol. The molecule has 1 fully saturated rings. The van der Waals surface area contributed by atoms with Crippen molar-refractivity contribution < 1.29 is 19.3 Å². The number of benzene rings is 1. The molecule has 1 aromatic carbocycles. The maximum atomic E-state index is 10.5. The van der Waals surface area contributed by atoms with Gasteiger partial charge in [-0.2, -0.15) is 0 Å². The minimum Gasteiger partial charge on any atom is -0.454 e. The van der Waals surface area contributed by atoms with Crippen LogP contribution in [0.1, 0.15) is 11.7 Å². The highest BCUT2D eigenvalue weighted by atomic mass is 16.7. The second-order valence-electron chi connectivity index (χ2n) is 6.14. The summed E-state index contributed by atoms with van der Waals surface area (Å²) in [6, 6.07) is 5.62. The third-order valence-corrected chi connectivity index (χ3v) is 4.00. The van der Waals surface area contributed by atoms with Gasteiger partial charge in [0.25, 0.3) is 0 Å². The third-order valence-electron chi connectivity index (χ3n) is 4.00. The zero-order valence-electron chi connectivity index (χ0n) is 13.2. The van der Waals surface area contributed by atoms with Gasteiger partial charge in [-0.15, -0.1) is 0 Å². The zero-order valence-corrected chi connectivity index (χ0v) is 13.2. The molecule has 2 aliphatic rings. The minimum absolute atomic E-state index is 0.202. The van der Waals surface area contributed by atoms with Gasteiger partial charge < -0.3 is 24.2 Å². The molecule has 1 saturated heterocycles. The molecule has 1 N–H and O–H groups in total. The number of likely N-dealkylation sites (N-methyl/N-ethyl adjacent to an activating group) is 1. The molecule has 6 heteroatoms. The van der Waals surface area contributed by atoms with E-state index in [1.165, 1.54) is 0 Å². The molecular formula is C16H24N2O4. The molecule has 2 heterocycles. The van der Waals surface area contributed by atoms with E-state index in [1.54, 1.807) is 0 Å². The number of hydrogen-bond donors (Lipinski definition) is 1. The Balaban J connectivity index is 1.58. The largest absolute Gasteiger partial charge is 0.454 e. The van der Waals surface area contributed by atoms with Crippen molar-refractivity contribution in [2.24, 2.45) is 0 Å².